The lowest BCUT2D eigenvalue weighted by atomic mass is 10.2. The number of aromatic nitrogens is 3. The predicted octanol–water partition coefficient (Wildman–Crippen LogP) is 4.05. The molecule has 0 saturated heterocycles. The number of alkyl halides is 1. The Balaban J connectivity index is 2.65. The van der Waals surface area contributed by atoms with E-state index in [0.717, 1.165) is 29.2 Å². The van der Waals surface area contributed by atoms with Crippen molar-refractivity contribution in [2.75, 3.05) is 19.1 Å². The van der Waals surface area contributed by atoms with Crippen molar-refractivity contribution in [1.82, 2.24) is 14.5 Å². The molecule has 2 rings (SSSR count). The maximum atomic E-state index is 6.31. The number of nitrogens with zero attached hydrogens (tertiary/aromatic N) is 3. The van der Waals surface area contributed by atoms with Gasteiger partial charge in [0.1, 0.15) is 11.3 Å². The van der Waals surface area contributed by atoms with Crippen molar-refractivity contribution >= 4 is 34.5 Å². The summed E-state index contributed by atoms with van der Waals surface area (Å²) in [5.41, 5.74) is 1.72. The molecule has 0 N–H and O–H groups in total. The lowest BCUT2D eigenvalue weighted by Crippen LogP contribution is -2.15. The maximum absolute atomic E-state index is 6.31. The molecule has 2 atom stereocenters. The van der Waals surface area contributed by atoms with Gasteiger partial charge >= 0.3 is 0 Å². The number of methoxy groups -OCH3 is 1. The van der Waals surface area contributed by atoms with Gasteiger partial charge in [-0.1, -0.05) is 6.92 Å². The van der Waals surface area contributed by atoms with Gasteiger partial charge < -0.3 is 9.30 Å². The quantitative estimate of drug-likeness (QED) is 0.754. The fraction of sp³-hybridized carbons (Fsp3) is 0.571. The Labute approximate surface area is 128 Å². The normalized spacial score (nSPS) is 14.4. The Morgan fingerprint density at radius 2 is 2.15 bits per heavy atom. The van der Waals surface area contributed by atoms with Crippen LogP contribution >= 0.6 is 23.4 Å². The van der Waals surface area contributed by atoms with Crippen LogP contribution in [0.15, 0.2) is 12.1 Å². The van der Waals surface area contributed by atoms with Crippen molar-refractivity contribution in [2.45, 2.75) is 31.7 Å². The van der Waals surface area contributed by atoms with Gasteiger partial charge in [-0.3, -0.25) is 0 Å². The minimum absolute atomic E-state index is 0.147. The zero-order valence-electron chi connectivity index (χ0n) is 12.3. The summed E-state index contributed by atoms with van der Waals surface area (Å²) in [5.74, 6) is 2.49. The molecule has 2 unspecified atom stereocenters. The van der Waals surface area contributed by atoms with Crippen LogP contribution < -0.4 is 4.74 Å². The Kier molecular flexibility index (Phi) is 5.16. The van der Waals surface area contributed by atoms with Crippen LogP contribution in [0.4, 0.5) is 0 Å². The van der Waals surface area contributed by atoms with Crippen LogP contribution in [0.5, 0.6) is 5.88 Å². The topological polar surface area (TPSA) is 39.9 Å². The standard InChI is InChI=1S/C14H20ClN3OS/c1-5-10(8-20-4)18-13(9(2)15)16-11-6-7-12(19-3)17-14(11)18/h6-7,9-10H,5,8H2,1-4H3. The fourth-order valence-corrected chi connectivity index (χ4v) is 3.22. The average molecular weight is 314 g/mol. The van der Waals surface area contributed by atoms with Gasteiger partial charge in [0.25, 0.3) is 0 Å². The van der Waals surface area contributed by atoms with Gasteiger partial charge in [0, 0.05) is 17.9 Å². The third kappa shape index (κ3) is 2.88. The van der Waals surface area contributed by atoms with Gasteiger partial charge in [0.15, 0.2) is 5.65 Å². The van der Waals surface area contributed by atoms with Gasteiger partial charge in [0.05, 0.1) is 12.5 Å². The minimum atomic E-state index is -0.147. The summed E-state index contributed by atoms with van der Waals surface area (Å²) in [6.07, 6.45) is 3.13. The van der Waals surface area contributed by atoms with Crippen molar-refractivity contribution in [1.29, 1.82) is 0 Å². The van der Waals surface area contributed by atoms with E-state index in [9.17, 15) is 0 Å². The summed E-state index contributed by atoms with van der Waals surface area (Å²) < 4.78 is 7.40. The average Bonchev–Trinajstić information content (AvgIpc) is 2.83. The van der Waals surface area contributed by atoms with E-state index < -0.39 is 0 Å². The second-order valence-corrected chi connectivity index (χ2v) is 6.24. The zero-order valence-corrected chi connectivity index (χ0v) is 13.8. The predicted molar refractivity (Wildman–Crippen MR) is 86.1 cm³/mol. The number of pyridine rings is 1. The van der Waals surface area contributed by atoms with Gasteiger partial charge in [-0.2, -0.15) is 16.7 Å². The van der Waals surface area contributed by atoms with Crippen LogP contribution in [0.2, 0.25) is 0 Å². The highest BCUT2D eigenvalue weighted by molar-refractivity contribution is 7.98. The number of thioether (sulfide) groups is 1. The number of fused-ring (bicyclic) bond motifs is 1. The third-order valence-electron chi connectivity index (χ3n) is 3.30. The first-order valence-corrected chi connectivity index (χ1v) is 8.51. The molecule has 0 radical (unpaired) electrons. The Hall–Kier alpha value is -0.940. The molecule has 2 aromatic heterocycles. The Morgan fingerprint density at radius 3 is 2.70 bits per heavy atom. The van der Waals surface area contributed by atoms with Crippen molar-refractivity contribution in [3.05, 3.63) is 18.0 Å². The van der Waals surface area contributed by atoms with Crippen LogP contribution in [0.3, 0.4) is 0 Å². The van der Waals surface area contributed by atoms with Crippen molar-refractivity contribution in [2.24, 2.45) is 0 Å². The number of halogens is 1. The minimum Gasteiger partial charge on any atom is -0.481 e. The second kappa shape index (κ2) is 6.68. The first kappa shape index (κ1) is 15.4. The highest BCUT2D eigenvalue weighted by atomic mass is 35.5. The molecule has 2 heterocycles. The smallest absolute Gasteiger partial charge is 0.215 e. The molecule has 0 aliphatic heterocycles. The third-order valence-corrected chi connectivity index (χ3v) is 4.21. The molecular formula is C14H20ClN3OS. The summed E-state index contributed by atoms with van der Waals surface area (Å²) in [5, 5.41) is -0.147. The molecule has 0 bridgehead atoms. The van der Waals surface area contributed by atoms with Crippen molar-refractivity contribution in [3.63, 3.8) is 0 Å². The number of imidazole rings is 1. The van der Waals surface area contributed by atoms with E-state index in [4.69, 9.17) is 16.3 Å². The number of ether oxygens (including phenoxy) is 1. The molecule has 4 nitrogen and oxygen atoms in total. The largest absolute Gasteiger partial charge is 0.481 e. The van der Waals surface area contributed by atoms with Crippen molar-refractivity contribution < 1.29 is 4.74 Å². The van der Waals surface area contributed by atoms with Crippen LogP contribution in [0, 0.1) is 0 Å². The van der Waals surface area contributed by atoms with E-state index in [1.54, 1.807) is 7.11 Å². The summed E-state index contributed by atoms with van der Waals surface area (Å²) >= 11 is 8.13. The van der Waals surface area contributed by atoms with Crippen LogP contribution in [-0.2, 0) is 0 Å². The molecule has 0 amide bonds. The fourth-order valence-electron chi connectivity index (χ4n) is 2.30. The molecule has 20 heavy (non-hydrogen) atoms. The SMILES string of the molecule is CCC(CSC)n1c(C(C)Cl)nc2ccc(OC)nc21. The summed E-state index contributed by atoms with van der Waals surface area (Å²) in [6, 6.07) is 4.11. The highest BCUT2D eigenvalue weighted by Gasteiger charge is 2.21. The molecule has 0 aromatic carbocycles. The van der Waals surface area contributed by atoms with Crippen molar-refractivity contribution in [3.8, 4) is 5.88 Å². The Morgan fingerprint density at radius 1 is 1.40 bits per heavy atom. The zero-order chi connectivity index (χ0) is 14.7. The first-order valence-electron chi connectivity index (χ1n) is 6.68. The van der Waals surface area contributed by atoms with Gasteiger partial charge in [-0.05, 0) is 25.7 Å². The van der Waals surface area contributed by atoms with Crippen LogP contribution in [0.1, 0.15) is 37.5 Å². The van der Waals surface area contributed by atoms with E-state index in [0.29, 0.717) is 11.9 Å². The number of rotatable bonds is 6. The van der Waals surface area contributed by atoms with Gasteiger partial charge in [0.2, 0.25) is 5.88 Å². The summed E-state index contributed by atoms with van der Waals surface area (Å²) in [4.78, 5) is 9.20. The highest BCUT2D eigenvalue weighted by Crippen LogP contribution is 2.30. The van der Waals surface area contributed by atoms with E-state index >= 15 is 0 Å². The first-order chi connectivity index (χ1) is 9.62. The van der Waals surface area contributed by atoms with E-state index in [-0.39, 0.29) is 5.38 Å². The lowest BCUT2D eigenvalue weighted by molar-refractivity contribution is 0.398. The number of hydrogen-bond acceptors (Lipinski definition) is 4. The monoisotopic (exact) mass is 313 g/mol. The van der Waals surface area contributed by atoms with Gasteiger partial charge in [-0.25, -0.2) is 4.98 Å². The van der Waals surface area contributed by atoms with E-state index in [2.05, 4.69) is 27.7 Å². The Bertz CT molecular complexity index is 585. The van der Waals surface area contributed by atoms with Crippen LogP contribution in [-0.4, -0.2) is 33.7 Å². The second-order valence-electron chi connectivity index (χ2n) is 4.67. The summed E-state index contributed by atoms with van der Waals surface area (Å²) in [7, 11) is 1.62. The molecular weight excluding hydrogens is 294 g/mol. The maximum Gasteiger partial charge on any atom is 0.215 e. The molecule has 6 heteroatoms. The molecule has 2 aromatic rings. The summed E-state index contributed by atoms with van der Waals surface area (Å²) in [6.45, 7) is 4.12. The molecule has 0 aliphatic rings. The molecule has 0 saturated carbocycles. The van der Waals surface area contributed by atoms with Crippen LogP contribution in [0.25, 0.3) is 11.2 Å². The molecule has 0 aliphatic carbocycles. The molecule has 0 fully saturated rings. The lowest BCUT2D eigenvalue weighted by Gasteiger charge is -2.20. The number of hydrogen-bond donors (Lipinski definition) is 0. The van der Waals surface area contributed by atoms with Gasteiger partial charge in [-0.15, -0.1) is 11.6 Å². The molecule has 0 spiro atoms. The van der Waals surface area contributed by atoms with E-state index in [1.807, 2.05) is 30.8 Å². The van der Waals surface area contributed by atoms with E-state index in [1.165, 1.54) is 0 Å². The molecule has 110 valence electrons.